The molecule has 0 atom stereocenters. The summed E-state index contributed by atoms with van der Waals surface area (Å²) in [5.41, 5.74) is 7.40. The van der Waals surface area contributed by atoms with Gasteiger partial charge >= 0.3 is 23.9 Å². The number of benzene rings is 1. The van der Waals surface area contributed by atoms with E-state index in [9.17, 15) is 14.4 Å². The van der Waals surface area contributed by atoms with E-state index in [0.717, 1.165) is 18.2 Å². The molecule has 9 nitrogen and oxygen atoms in total. The number of primary amides is 2. The van der Waals surface area contributed by atoms with E-state index in [2.05, 4.69) is 11.5 Å². The molecule has 102 valence electrons. The minimum atomic E-state index is -1.37. The van der Waals surface area contributed by atoms with E-state index >= 15 is 0 Å². The van der Waals surface area contributed by atoms with Crippen LogP contribution in [0.4, 0.5) is 4.79 Å². The first-order chi connectivity index (χ1) is 8.65. The van der Waals surface area contributed by atoms with E-state index in [-0.39, 0.29) is 16.7 Å². The maximum absolute atomic E-state index is 10.6. The summed E-state index contributed by atoms with van der Waals surface area (Å²) in [6.07, 6.45) is 0. The topological polar surface area (TPSA) is 181 Å². The van der Waals surface area contributed by atoms with Crippen LogP contribution in [0.2, 0.25) is 0 Å². The first kappa shape index (κ1) is 15.9. The van der Waals surface area contributed by atoms with Crippen molar-refractivity contribution in [2.24, 2.45) is 11.5 Å². The Morgan fingerprint density at radius 2 is 0.842 bits per heavy atom. The Balaban J connectivity index is 0.000000711. The Kier molecular flexibility index (Phi) is 5.52. The van der Waals surface area contributed by atoms with Crippen molar-refractivity contribution in [3.63, 3.8) is 0 Å². The first-order valence-corrected chi connectivity index (χ1v) is 4.55. The molecule has 0 unspecified atom stereocenters. The molecule has 7 N–H and O–H groups in total. The van der Waals surface area contributed by atoms with Crippen LogP contribution < -0.4 is 11.5 Å². The molecule has 9 heteroatoms. The zero-order chi connectivity index (χ0) is 15.2. The van der Waals surface area contributed by atoms with Gasteiger partial charge in [0.15, 0.2) is 0 Å². The van der Waals surface area contributed by atoms with Crippen molar-refractivity contribution in [2.45, 2.75) is 0 Å². The summed E-state index contributed by atoms with van der Waals surface area (Å²) in [6, 6.07) is 1.87. The molecule has 1 rings (SSSR count). The number of hydrogen-bond acceptors (Lipinski definition) is 4. The summed E-state index contributed by atoms with van der Waals surface area (Å²) in [6.45, 7) is 0. The third kappa shape index (κ3) is 5.68. The number of carboxylic acid groups (broad SMARTS) is 3. The Labute approximate surface area is 106 Å². The lowest BCUT2D eigenvalue weighted by Gasteiger charge is -2.00. The zero-order valence-corrected chi connectivity index (χ0v) is 9.36. The lowest BCUT2D eigenvalue weighted by atomic mass is 10.1. The van der Waals surface area contributed by atoms with Crippen molar-refractivity contribution < 1.29 is 34.5 Å². The van der Waals surface area contributed by atoms with E-state index in [4.69, 9.17) is 20.1 Å². The smallest absolute Gasteiger partial charge is 0.335 e. The number of rotatable bonds is 3. The van der Waals surface area contributed by atoms with Crippen LogP contribution in [0.5, 0.6) is 0 Å². The SMILES string of the molecule is NC(N)=O.O=C(O)c1cc(C(=O)O)cc(C(=O)O)c1. The molecule has 0 fully saturated rings. The summed E-state index contributed by atoms with van der Waals surface area (Å²) < 4.78 is 0. The molecule has 1 aromatic carbocycles. The Morgan fingerprint density at radius 1 is 0.684 bits per heavy atom. The minimum Gasteiger partial charge on any atom is -0.478 e. The van der Waals surface area contributed by atoms with Gasteiger partial charge in [0.1, 0.15) is 0 Å². The van der Waals surface area contributed by atoms with E-state index < -0.39 is 23.9 Å². The predicted octanol–water partition coefficient (Wildman–Crippen LogP) is -0.195. The van der Waals surface area contributed by atoms with Gasteiger partial charge in [0, 0.05) is 0 Å². The van der Waals surface area contributed by atoms with Crippen LogP contribution in [0.1, 0.15) is 31.1 Å². The van der Waals surface area contributed by atoms with Gasteiger partial charge in [-0.1, -0.05) is 0 Å². The normalized spacial score (nSPS) is 8.84. The lowest BCUT2D eigenvalue weighted by Crippen LogP contribution is -2.18. The molecule has 2 amide bonds. The average molecular weight is 270 g/mol. The van der Waals surface area contributed by atoms with Gasteiger partial charge in [-0.15, -0.1) is 0 Å². The zero-order valence-electron chi connectivity index (χ0n) is 9.36. The standard InChI is InChI=1S/C9H6O6.CH4N2O/c10-7(11)4-1-5(8(12)13)3-6(2-4)9(14)15;2-1(3)4/h1-3H,(H,10,11)(H,12,13)(H,14,15);(H4,2,3,4). The predicted molar refractivity (Wildman–Crippen MR) is 61.1 cm³/mol. The fourth-order valence-electron chi connectivity index (χ4n) is 0.998. The van der Waals surface area contributed by atoms with Crippen molar-refractivity contribution in [1.82, 2.24) is 0 Å². The first-order valence-electron chi connectivity index (χ1n) is 4.55. The summed E-state index contributed by atoms with van der Waals surface area (Å²) in [5, 5.41) is 25.8. The number of nitrogens with two attached hydrogens (primary N) is 2. The molecular weight excluding hydrogens is 260 g/mol. The highest BCUT2D eigenvalue weighted by Crippen LogP contribution is 2.11. The van der Waals surface area contributed by atoms with Gasteiger partial charge in [-0.05, 0) is 18.2 Å². The summed E-state index contributed by atoms with van der Waals surface area (Å²) in [4.78, 5) is 40.7. The van der Waals surface area contributed by atoms with Gasteiger partial charge in [-0.25, -0.2) is 19.2 Å². The second-order valence-electron chi connectivity index (χ2n) is 3.12. The fourth-order valence-corrected chi connectivity index (χ4v) is 0.998. The van der Waals surface area contributed by atoms with Crippen LogP contribution in [0.3, 0.4) is 0 Å². The summed E-state index contributed by atoms with van der Waals surface area (Å²) >= 11 is 0. The van der Waals surface area contributed by atoms with Gasteiger partial charge in [-0.2, -0.15) is 0 Å². The van der Waals surface area contributed by atoms with Crippen molar-refractivity contribution in [3.05, 3.63) is 34.9 Å². The van der Waals surface area contributed by atoms with Gasteiger partial charge in [0.2, 0.25) is 0 Å². The van der Waals surface area contributed by atoms with Crippen LogP contribution in [-0.2, 0) is 0 Å². The molecule has 0 spiro atoms. The van der Waals surface area contributed by atoms with Gasteiger partial charge in [-0.3, -0.25) is 0 Å². The molecule has 0 saturated carbocycles. The molecule has 1 aromatic rings. The van der Waals surface area contributed by atoms with Gasteiger partial charge in [0.05, 0.1) is 16.7 Å². The number of urea groups is 1. The van der Waals surface area contributed by atoms with Crippen LogP contribution >= 0.6 is 0 Å². The van der Waals surface area contributed by atoms with Crippen LogP contribution in [-0.4, -0.2) is 39.3 Å². The number of carbonyl (C=O) groups excluding carboxylic acids is 1. The summed E-state index contributed by atoms with van der Waals surface area (Å²) in [7, 11) is 0. The molecule has 0 saturated heterocycles. The van der Waals surface area contributed by atoms with E-state index in [1.165, 1.54) is 0 Å². The number of carboxylic acids is 3. The molecule has 0 aliphatic heterocycles. The minimum absolute atomic E-state index is 0.368. The average Bonchev–Trinajstić information content (AvgIpc) is 2.27. The van der Waals surface area contributed by atoms with Gasteiger partial charge in [0.25, 0.3) is 0 Å². The third-order valence-electron chi connectivity index (χ3n) is 1.67. The molecular formula is C10H10N2O7. The Hall–Kier alpha value is -3.10. The van der Waals surface area contributed by atoms with E-state index in [0.29, 0.717) is 0 Å². The molecule has 0 bridgehead atoms. The van der Waals surface area contributed by atoms with Crippen molar-refractivity contribution in [1.29, 1.82) is 0 Å². The third-order valence-corrected chi connectivity index (χ3v) is 1.67. The number of amides is 2. The highest BCUT2D eigenvalue weighted by atomic mass is 16.4. The summed E-state index contributed by atoms with van der Waals surface area (Å²) in [5.74, 6) is -4.12. The van der Waals surface area contributed by atoms with Crippen molar-refractivity contribution >= 4 is 23.9 Å². The maximum atomic E-state index is 10.6. The largest absolute Gasteiger partial charge is 0.478 e. The highest BCUT2D eigenvalue weighted by molar-refractivity contribution is 5.98. The number of carbonyl (C=O) groups is 4. The van der Waals surface area contributed by atoms with Crippen LogP contribution in [0.15, 0.2) is 18.2 Å². The second-order valence-corrected chi connectivity index (χ2v) is 3.12. The monoisotopic (exact) mass is 270 g/mol. The number of hydrogen-bond donors (Lipinski definition) is 5. The fraction of sp³-hybridized carbons (Fsp3) is 0. The molecule has 0 aromatic heterocycles. The van der Waals surface area contributed by atoms with Crippen LogP contribution in [0, 0.1) is 0 Å². The van der Waals surface area contributed by atoms with E-state index in [1.54, 1.807) is 0 Å². The molecule has 0 aliphatic rings. The number of aromatic carboxylic acids is 3. The molecule has 19 heavy (non-hydrogen) atoms. The van der Waals surface area contributed by atoms with Crippen molar-refractivity contribution in [3.8, 4) is 0 Å². The van der Waals surface area contributed by atoms with E-state index in [1.807, 2.05) is 0 Å². The lowest BCUT2D eigenvalue weighted by molar-refractivity contribution is 0.0696. The molecule has 0 radical (unpaired) electrons. The van der Waals surface area contributed by atoms with Crippen molar-refractivity contribution in [2.75, 3.05) is 0 Å². The maximum Gasteiger partial charge on any atom is 0.335 e. The Morgan fingerprint density at radius 3 is 0.947 bits per heavy atom. The Bertz CT molecular complexity index is 456. The highest BCUT2D eigenvalue weighted by Gasteiger charge is 2.14. The quantitative estimate of drug-likeness (QED) is 0.504. The molecule has 0 heterocycles. The van der Waals surface area contributed by atoms with Crippen LogP contribution in [0.25, 0.3) is 0 Å². The molecule has 0 aliphatic carbocycles. The van der Waals surface area contributed by atoms with Gasteiger partial charge < -0.3 is 26.8 Å². The second kappa shape index (κ2) is 6.59.